The van der Waals surface area contributed by atoms with Crippen LogP contribution in [-0.4, -0.2) is 39.4 Å². The van der Waals surface area contributed by atoms with Crippen molar-refractivity contribution >= 4 is 45.1 Å². The van der Waals surface area contributed by atoms with Gasteiger partial charge in [-0.25, -0.2) is 13.2 Å². The molecule has 0 unspecified atom stereocenters. The predicted molar refractivity (Wildman–Crippen MR) is 120 cm³/mol. The summed E-state index contributed by atoms with van der Waals surface area (Å²) in [7, 11) is -4.02. The van der Waals surface area contributed by atoms with Crippen LogP contribution in [0.25, 0.3) is 0 Å². The average Bonchev–Trinajstić information content (AvgIpc) is 3.34. The Balaban J connectivity index is 1.74. The van der Waals surface area contributed by atoms with Crippen LogP contribution in [0.3, 0.4) is 0 Å². The molecule has 33 heavy (non-hydrogen) atoms. The number of sulfonamides is 1. The van der Waals surface area contributed by atoms with Crippen molar-refractivity contribution in [1.29, 1.82) is 0 Å². The number of hydrogen-bond donors (Lipinski definition) is 1. The number of carbonyl (C=O) groups excluding carboxylic acids is 3. The van der Waals surface area contributed by atoms with Crippen molar-refractivity contribution in [3.05, 3.63) is 83.3 Å². The van der Waals surface area contributed by atoms with E-state index >= 15 is 0 Å². The molecule has 0 fully saturated rings. The Morgan fingerprint density at radius 2 is 1.79 bits per heavy atom. The summed E-state index contributed by atoms with van der Waals surface area (Å²) in [4.78, 5) is 36.0. The smallest absolute Gasteiger partial charge is 0.340 e. The van der Waals surface area contributed by atoms with Crippen molar-refractivity contribution in [2.75, 3.05) is 17.5 Å². The van der Waals surface area contributed by atoms with Gasteiger partial charge in [0.2, 0.25) is 0 Å². The molecule has 1 aromatic heterocycles. The molecule has 0 spiro atoms. The van der Waals surface area contributed by atoms with E-state index in [-0.39, 0.29) is 27.8 Å². The Morgan fingerprint density at radius 1 is 1.06 bits per heavy atom. The molecule has 172 valence electrons. The molecule has 0 aliphatic rings. The van der Waals surface area contributed by atoms with E-state index in [1.165, 1.54) is 34.8 Å². The zero-order chi connectivity index (χ0) is 24.0. The first-order chi connectivity index (χ1) is 15.7. The third-order valence-electron chi connectivity index (χ3n) is 4.41. The number of nitrogens with one attached hydrogen (secondary N) is 1. The SMILES string of the molecule is CCN(c1ccccc1)S(=O)(=O)c1ccc(Cl)c(C(=O)OCC(=O)NC(=O)c2ccco2)c1. The first-order valence-electron chi connectivity index (χ1n) is 9.66. The van der Waals surface area contributed by atoms with Crippen LogP contribution < -0.4 is 9.62 Å². The Morgan fingerprint density at radius 3 is 2.42 bits per heavy atom. The van der Waals surface area contributed by atoms with Crippen molar-refractivity contribution in [2.24, 2.45) is 0 Å². The normalized spacial score (nSPS) is 11.0. The fourth-order valence-electron chi connectivity index (χ4n) is 2.87. The lowest BCUT2D eigenvalue weighted by Crippen LogP contribution is -2.34. The number of anilines is 1. The fraction of sp³-hybridized carbons (Fsp3) is 0.136. The number of benzene rings is 2. The van der Waals surface area contributed by atoms with E-state index in [1.807, 2.05) is 5.32 Å². The minimum Gasteiger partial charge on any atom is -0.459 e. The molecular weight excluding hydrogens is 472 g/mol. The number of rotatable bonds is 8. The van der Waals surface area contributed by atoms with Crippen LogP contribution in [0, 0.1) is 0 Å². The summed E-state index contributed by atoms with van der Waals surface area (Å²) >= 11 is 6.06. The largest absolute Gasteiger partial charge is 0.459 e. The van der Waals surface area contributed by atoms with Crippen LogP contribution in [0.15, 0.2) is 76.2 Å². The summed E-state index contributed by atoms with van der Waals surface area (Å²) in [6.45, 7) is 1.04. The predicted octanol–water partition coefficient (Wildman–Crippen LogP) is 3.26. The topological polar surface area (TPSA) is 123 Å². The van der Waals surface area contributed by atoms with Crippen LogP contribution in [-0.2, 0) is 19.6 Å². The van der Waals surface area contributed by atoms with E-state index in [4.69, 9.17) is 20.8 Å². The number of esters is 1. The molecule has 3 rings (SSSR count). The van der Waals surface area contributed by atoms with E-state index in [9.17, 15) is 22.8 Å². The molecule has 0 atom stereocenters. The molecule has 0 saturated heterocycles. The first-order valence-corrected chi connectivity index (χ1v) is 11.5. The first kappa shape index (κ1) is 24.0. The lowest BCUT2D eigenvalue weighted by Gasteiger charge is -2.23. The van der Waals surface area contributed by atoms with Gasteiger partial charge in [-0.05, 0) is 49.4 Å². The second kappa shape index (κ2) is 10.3. The van der Waals surface area contributed by atoms with Crippen LogP contribution >= 0.6 is 11.6 Å². The summed E-state index contributed by atoms with van der Waals surface area (Å²) in [6, 6.07) is 14.9. The second-order valence-electron chi connectivity index (χ2n) is 6.58. The molecule has 2 amide bonds. The molecule has 0 saturated carbocycles. The van der Waals surface area contributed by atoms with Crippen molar-refractivity contribution < 1.29 is 32.0 Å². The second-order valence-corrected chi connectivity index (χ2v) is 8.85. The highest BCUT2D eigenvalue weighted by Gasteiger charge is 2.26. The van der Waals surface area contributed by atoms with Crippen molar-refractivity contribution in [3.8, 4) is 0 Å². The summed E-state index contributed by atoms with van der Waals surface area (Å²) in [5.41, 5.74) is 0.212. The number of furan rings is 1. The van der Waals surface area contributed by atoms with Crippen LogP contribution in [0.4, 0.5) is 5.69 Å². The van der Waals surface area contributed by atoms with Gasteiger partial charge in [-0.1, -0.05) is 29.8 Å². The molecule has 0 aliphatic heterocycles. The number of imide groups is 1. The number of nitrogens with zero attached hydrogens (tertiary/aromatic N) is 1. The van der Waals surface area contributed by atoms with Gasteiger partial charge in [-0.3, -0.25) is 19.2 Å². The van der Waals surface area contributed by atoms with Crippen LogP contribution in [0.5, 0.6) is 0 Å². The minimum absolute atomic E-state index is 0.0613. The Hall–Kier alpha value is -3.63. The van der Waals surface area contributed by atoms with Gasteiger partial charge in [0.1, 0.15) is 0 Å². The number of para-hydroxylation sites is 1. The van der Waals surface area contributed by atoms with Crippen molar-refractivity contribution in [3.63, 3.8) is 0 Å². The average molecular weight is 491 g/mol. The lowest BCUT2D eigenvalue weighted by atomic mass is 10.2. The summed E-state index contributed by atoms with van der Waals surface area (Å²) < 4.78 is 37.3. The minimum atomic E-state index is -4.02. The molecule has 0 bridgehead atoms. The quantitative estimate of drug-likeness (QED) is 0.481. The lowest BCUT2D eigenvalue weighted by molar-refractivity contribution is -0.123. The molecule has 1 N–H and O–H groups in total. The summed E-state index contributed by atoms with van der Waals surface area (Å²) in [5.74, 6) is -2.81. The molecule has 2 aromatic carbocycles. The fourth-order valence-corrected chi connectivity index (χ4v) is 4.57. The zero-order valence-electron chi connectivity index (χ0n) is 17.4. The number of carbonyl (C=O) groups is 3. The van der Waals surface area contributed by atoms with Gasteiger partial charge in [0.05, 0.1) is 27.4 Å². The van der Waals surface area contributed by atoms with E-state index in [0.29, 0.717) is 5.69 Å². The third-order valence-corrected chi connectivity index (χ3v) is 6.64. The maximum Gasteiger partial charge on any atom is 0.340 e. The van der Waals surface area contributed by atoms with Gasteiger partial charge in [0, 0.05) is 6.54 Å². The Kier molecular flexibility index (Phi) is 7.52. The van der Waals surface area contributed by atoms with Gasteiger partial charge >= 0.3 is 5.97 Å². The molecular formula is C22H19ClN2O7S. The van der Waals surface area contributed by atoms with Crippen LogP contribution in [0.2, 0.25) is 5.02 Å². The molecule has 0 radical (unpaired) electrons. The van der Waals surface area contributed by atoms with E-state index in [1.54, 1.807) is 37.3 Å². The van der Waals surface area contributed by atoms with E-state index < -0.39 is 34.4 Å². The Labute approximate surface area is 195 Å². The van der Waals surface area contributed by atoms with Gasteiger partial charge in [-0.2, -0.15) is 0 Å². The standard InChI is InChI=1S/C22H19ClN2O7S/c1-2-25(15-7-4-3-5-8-15)33(29,30)16-10-11-18(23)17(13-16)22(28)32-14-20(26)24-21(27)19-9-6-12-31-19/h3-13H,2,14H2,1H3,(H,24,26,27). The summed E-state index contributed by atoms with van der Waals surface area (Å²) in [6.07, 6.45) is 1.26. The van der Waals surface area contributed by atoms with Gasteiger partial charge in [0.15, 0.2) is 12.4 Å². The number of ether oxygens (including phenoxy) is 1. The van der Waals surface area contributed by atoms with Gasteiger partial charge in [-0.15, -0.1) is 0 Å². The highest BCUT2D eigenvalue weighted by molar-refractivity contribution is 7.92. The molecule has 9 nitrogen and oxygen atoms in total. The third kappa shape index (κ3) is 5.60. The molecule has 3 aromatic rings. The van der Waals surface area contributed by atoms with Gasteiger partial charge in [0.25, 0.3) is 21.8 Å². The zero-order valence-corrected chi connectivity index (χ0v) is 18.9. The molecule has 1 heterocycles. The Bertz CT molecular complexity index is 1260. The number of hydrogen-bond acceptors (Lipinski definition) is 7. The van der Waals surface area contributed by atoms with Crippen molar-refractivity contribution in [1.82, 2.24) is 5.32 Å². The van der Waals surface area contributed by atoms with Crippen LogP contribution in [0.1, 0.15) is 27.8 Å². The number of amides is 2. The maximum absolute atomic E-state index is 13.2. The van der Waals surface area contributed by atoms with E-state index in [2.05, 4.69) is 0 Å². The maximum atomic E-state index is 13.2. The van der Waals surface area contributed by atoms with Crippen molar-refractivity contribution in [2.45, 2.75) is 11.8 Å². The highest BCUT2D eigenvalue weighted by Crippen LogP contribution is 2.27. The summed E-state index contributed by atoms with van der Waals surface area (Å²) in [5, 5.41) is 1.93. The monoisotopic (exact) mass is 490 g/mol. The number of halogens is 1. The van der Waals surface area contributed by atoms with E-state index in [0.717, 1.165) is 6.07 Å². The molecule has 11 heteroatoms. The van der Waals surface area contributed by atoms with Gasteiger partial charge < -0.3 is 9.15 Å². The highest BCUT2D eigenvalue weighted by atomic mass is 35.5. The molecule has 0 aliphatic carbocycles.